The number of benzene rings is 1. The van der Waals surface area contributed by atoms with E-state index in [1.807, 2.05) is 38.1 Å². The second-order valence-corrected chi connectivity index (χ2v) is 6.96. The van der Waals surface area contributed by atoms with Crippen LogP contribution in [0.3, 0.4) is 0 Å². The normalized spacial score (nSPS) is 23.8. The van der Waals surface area contributed by atoms with Crippen LogP contribution >= 0.6 is 27.5 Å². The number of alkyl halides is 1. The van der Waals surface area contributed by atoms with E-state index in [1.165, 1.54) is 0 Å². The van der Waals surface area contributed by atoms with Crippen LogP contribution in [0.4, 0.5) is 0 Å². The van der Waals surface area contributed by atoms with E-state index in [0.29, 0.717) is 5.88 Å². The van der Waals surface area contributed by atoms with E-state index in [1.54, 1.807) is 7.11 Å². The summed E-state index contributed by atoms with van der Waals surface area (Å²) in [5.41, 5.74) is 1.68. The lowest BCUT2D eigenvalue weighted by atomic mass is 10.1. The van der Waals surface area contributed by atoms with Gasteiger partial charge in [-0.15, -0.1) is 11.6 Å². The van der Waals surface area contributed by atoms with Crippen LogP contribution in [0.2, 0.25) is 0 Å². The summed E-state index contributed by atoms with van der Waals surface area (Å²) in [6, 6.07) is 5.78. The minimum absolute atomic E-state index is 0.0306. The van der Waals surface area contributed by atoms with Gasteiger partial charge in [-0.3, -0.25) is 4.79 Å². The number of carboxylic acids is 1. The Bertz CT molecular complexity index is 595. The molecule has 0 saturated heterocycles. The van der Waals surface area contributed by atoms with E-state index in [4.69, 9.17) is 16.3 Å². The number of halogens is 2. The van der Waals surface area contributed by atoms with Gasteiger partial charge in [0, 0.05) is 10.0 Å². The highest BCUT2D eigenvalue weighted by Gasteiger charge is 2.60. The Balaban J connectivity index is 2.27. The summed E-state index contributed by atoms with van der Waals surface area (Å²) in [4.78, 5) is 11.2. The minimum Gasteiger partial charge on any atom is -0.496 e. The first-order chi connectivity index (χ1) is 9.82. The van der Waals surface area contributed by atoms with Crippen molar-refractivity contribution in [1.82, 2.24) is 0 Å². The molecule has 1 aliphatic rings. The molecule has 1 aromatic rings. The standard InChI is InChI=1S/C16H18BrClO3/c1-16(2)11(14(16)15(19)20)7-12(17)9-4-5-10(8-18)13(6-9)21-3/h4-7,11,14H,8H2,1-3H3,(H,19,20). The van der Waals surface area contributed by atoms with Crippen LogP contribution < -0.4 is 4.74 Å². The van der Waals surface area contributed by atoms with Gasteiger partial charge in [0.05, 0.1) is 18.9 Å². The Labute approximate surface area is 138 Å². The van der Waals surface area contributed by atoms with Crippen LogP contribution in [0.15, 0.2) is 24.3 Å². The van der Waals surface area contributed by atoms with Crippen molar-refractivity contribution in [3.63, 3.8) is 0 Å². The van der Waals surface area contributed by atoms with E-state index in [-0.39, 0.29) is 17.3 Å². The van der Waals surface area contributed by atoms with Gasteiger partial charge in [-0.1, -0.05) is 48.0 Å². The van der Waals surface area contributed by atoms with Crippen LogP contribution in [0, 0.1) is 17.3 Å². The molecule has 2 atom stereocenters. The molecule has 0 bridgehead atoms. The summed E-state index contributed by atoms with van der Waals surface area (Å²) in [5.74, 6) is 0.0908. The highest BCUT2D eigenvalue weighted by Crippen LogP contribution is 2.60. The average molecular weight is 374 g/mol. The summed E-state index contributed by atoms with van der Waals surface area (Å²) in [7, 11) is 1.61. The fourth-order valence-corrected chi connectivity index (χ4v) is 3.47. The van der Waals surface area contributed by atoms with E-state index in [0.717, 1.165) is 21.4 Å². The van der Waals surface area contributed by atoms with Crippen LogP contribution in [0.1, 0.15) is 25.0 Å². The van der Waals surface area contributed by atoms with Gasteiger partial charge in [-0.05, 0) is 23.0 Å². The monoisotopic (exact) mass is 372 g/mol. The molecule has 0 amide bonds. The Morgan fingerprint density at radius 2 is 2.19 bits per heavy atom. The number of carbonyl (C=O) groups is 1. The third-order valence-corrected chi connectivity index (χ3v) is 5.22. The van der Waals surface area contributed by atoms with Crippen molar-refractivity contribution in [2.75, 3.05) is 7.11 Å². The third-order valence-electron chi connectivity index (χ3n) is 4.21. The molecule has 1 aliphatic carbocycles. The van der Waals surface area contributed by atoms with Crippen LogP contribution in [-0.2, 0) is 10.7 Å². The molecular weight excluding hydrogens is 356 g/mol. The fraction of sp³-hybridized carbons (Fsp3) is 0.438. The minimum atomic E-state index is -0.739. The molecule has 0 aliphatic heterocycles. The molecule has 2 rings (SSSR count). The van der Waals surface area contributed by atoms with Crippen molar-refractivity contribution in [1.29, 1.82) is 0 Å². The molecule has 114 valence electrons. The number of allylic oxidation sites excluding steroid dienone is 1. The Kier molecular flexibility index (Phi) is 4.69. The van der Waals surface area contributed by atoms with E-state index in [9.17, 15) is 9.90 Å². The number of aliphatic carboxylic acids is 1. The van der Waals surface area contributed by atoms with Gasteiger partial charge in [-0.2, -0.15) is 0 Å². The number of hydrogen-bond donors (Lipinski definition) is 1. The maximum Gasteiger partial charge on any atom is 0.307 e. The van der Waals surface area contributed by atoms with Crippen molar-refractivity contribution in [3.8, 4) is 5.75 Å². The van der Waals surface area contributed by atoms with Crippen LogP contribution in [-0.4, -0.2) is 18.2 Å². The Morgan fingerprint density at radius 1 is 1.52 bits per heavy atom. The van der Waals surface area contributed by atoms with Gasteiger partial charge in [0.15, 0.2) is 0 Å². The predicted molar refractivity (Wildman–Crippen MR) is 87.9 cm³/mol. The summed E-state index contributed by atoms with van der Waals surface area (Å²) < 4.78 is 6.20. The number of rotatable bonds is 5. The van der Waals surface area contributed by atoms with Crippen molar-refractivity contribution >= 4 is 38.0 Å². The zero-order chi connectivity index (χ0) is 15.8. The number of hydrogen-bond acceptors (Lipinski definition) is 2. The Morgan fingerprint density at radius 3 is 2.67 bits per heavy atom. The molecular formula is C16H18BrClO3. The maximum absolute atomic E-state index is 11.2. The van der Waals surface area contributed by atoms with Gasteiger partial charge in [0.2, 0.25) is 0 Å². The van der Waals surface area contributed by atoms with Crippen molar-refractivity contribution in [2.45, 2.75) is 19.7 Å². The topological polar surface area (TPSA) is 46.5 Å². The highest BCUT2D eigenvalue weighted by molar-refractivity contribution is 9.15. The maximum atomic E-state index is 11.2. The molecule has 0 heterocycles. The fourth-order valence-electron chi connectivity index (χ4n) is 2.72. The molecule has 0 aromatic heterocycles. The quantitative estimate of drug-likeness (QED) is 0.772. The largest absolute Gasteiger partial charge is 0.496 e. The summed E-state index contributed by atoms with van der Waals surface area (Å²) >= 11 is 9.40. The SMILES string of the molecule is COc1cc(C(Br)=CC2C(C(=O)O)C2(C)C)ccc1CCl. The second-order valence-electron chi connectivity index (χ2n) is 5.84. The van der Waals surface area contributed by atoms with E-state index in [2.05, 4.69) is 15.9 Å². The molecule has 0 spiro atoms. The van der Waals surface area contributed by atoms with Crippen LogP contribution in [0.5, 0.6) is 5.75 Å². The number of methoxy groups -OCH3 is 1. The first-order valence-corrected chi connectivity index (χ1v) is 7.99. The molecule has 2 unspecified atom stereocenters. The van der Waals surface area contributed by atoms with Crippen molar-refractivity contribution in [2.24, 2.45) is 17.3 Å². The summed E-state index contributed by atoms with van der Waals surface area (Å²) in [5, 5.41) is 9.21. The van der Waals surface area contributed by atoms with Gasteiger partial charge in [0.25, 0.3) is 0 Å². The molecule has 5 heteroatoms. The Hall–Kier alpha value is -1.00. The molecule has 21 heavy (non-hydrogen) atoms. The van der Waals surface area contributed by atoms with Crippen molar-refractivity contribution < 1.29 is 14.6 Å². The molecule has 1 N–H and O–H groups in total. The lowest BCUT2D eigenvalue weighted by Gasteiger charge is -2.08. The predicted octanol–water partition coefficient (Wildman–Crippen LogP) is 4.53. The first-order valence-electron chi connectivity index (χ1n) is 6.66. The molecule has 1 fully saturated rings. The lowest BCUT2D eigenvalue weighted by Crippen LogP contribution is -2.03. The van der Waals surface area contributed by atoms with Gasteiger partial charge < -0.3 is 9.84 Å². The van der Waals surface area contributed by atoms with Gasteiger partial charge in [-0.25, -0.2) is 0 Å². The zero-order valence-electron chi connectivity index (χ0n) is 12.2. The summed E-state index contributed by atoms with van der Waals surface area (Å²) in [6.45, 7) is 3.95. The summed E-state index contributed by atoms with van der Waals surface area (Å²) in [6.07, 6.45) is 1.98. The second kappa shape index (κ2) is 6.01. The van der Waals surface area contributed by atoms with E-state index < -0.39 is 5.97 Å². The highest BCUT2D eigenvalue weighted by atomic mass is 79.9. The first kappa shape index (κ1) is 16.4. The molecule has 1 aromatic carbocycles. The van der Waals surface area contributed by atoms with Crippen molar-refractivity contribution in [3.05, 3.63) is 35.4 Å². The molecule has 3 nitrogen and oxygen atoms in total. The van der Waals surface area contributed by atoms with E-state index >= 15 is 0 Å². The molecule has 1 saturated carbocycles. The smallest absolute Gasteiger partial charge is 0.307 e. The van der Waals surface area contributed by atoms with Gasteiger partial charge in [0.1, 0.15) is 5.75 Å². The van der Waals surface area contributed by atoms with Crippen LogP contribution in [0.25, 0.3) is 4.48 Å². The third kappa shape index (κ3) is 3.11. The molecule has 0 radical (unpaired) electrons. The number of carboxylic acid groups (broad SMARTS) is 1. The zero-order valence-corrected chi connectivity index (χ0v) is 14.5. The number of ether oxygens (including phenoxy) is 1. The average Bonchev–Trinajstić information content (AvgIpc) is 2.99. The lowest BCUT2D eigenvalue weighted by molar-refractivity contribution is -0.139. The van der Waals surface area contributed by atoms with Gasteiger partial charge >= 0.3 is 5.97 Å².